The van der Waals surface area contributed by atoms with Crippen LogP contribution in [0.5, 0.6) is 0 Å². The van der Waals surface area contributed by atoms with E-state index in [1.807, 2.05) is 44.2 Å². The highest BCUT2D eigenvalue weighted by Crippen LogP contribution is 2.23. The molecular weight excluding hydrogens is 310 g/mol. The van der Waals surface area contributed by atoms with E-state index in [1.54, 1.807) is 0 Å². The summed E-state index contributed by atoms with van der Waals surface area (Å²) in [6.07, 6.45) is 0. The number of carbonyl (C=O) groups excluding carboxylic acids is 1. The fourth-order valence-electron chi connectivity index (χ4n) is 2.42. The quantitative estimate of drug-likeness (QED) is 0.770. The van der Waals surface area contributed by atoms with Crippen molar-refractivity contribution in [3.8, 4) is 11.4 Å². The molecule has 1 unspecified atom stereocenters. The summed E-state index contributed by atoms with van der Waals surface area (Å²) in [6.45, 7) is 4.99. The van der Waals surface area contributed by atoms with Crippen molar-refractivity contribution < 1.29 is 14.2 Å². The predicted molar refractivity (Wildman–Crippen MR) is 86.7 cm³/mol. The molecule has 8 heteroatoms. The van der Waals surface area contributed by atoms with Gasteiger partial charge >= 0.3 is 6.03 Å². The summed E-state index contributed by atoms with van der Waals surface area (Å²) in [6, 6.07) is 8.85. The van der Waals surface area contributed by atoms with Crippen LogP contribution >= 0.6 is 0 Å². The van der Waals surface area contributed by atoms with Crippen LogP contribution < -0.4 is 16.1 Å². The number of rotatable bonds is 5. The van der Waals surface area contributed by atoms with Crippen molar-refractivity contribution in [3.05, 3.63) is 36.2 Å². The highest BCUT2D eigenvalue weighted by molar-refractivity contribution is 5.74. The Morgan fingerprint density at radius 3 is 2.79 bits per heavy atom. The average Bonchev–Trinajstić information content (AvgIpc) is 3.25. The molecule has 2 heterocycles. The number of hydroxylamine groups is 1. The average molecular weight is 331 g/mol. The largest absolute Gasteiger partial charge is 0.337 e. The van der Waals surface area contributed by atoms with Crippen LogP contribution in [0.3, 0.4) is 0 Å². The molecule has 8 nitrogen and oxygen atoms in total. The summed E-state index contributed by atoms with van der Waals surface area (Å²) in [5, 5.41) is 9.75. The second-order valence-electron chi connectivity index (χ2n) is 6.02. The summed E-state index contributed by atoms with van der Waals surface area (Å²) in [5.41, 5.74) is 3.59. The zero-order valence-electron chi connectivity index (χ0n) is 13.7. The lowest BCUT2D eigenvalue weighted by Crippen LogP contribution is -2.46. The number of urea groups is 1. The van der Waals surface area contributed by atoms with Gasteiger partial charge in [0.05, 0.1) is 12.6 Å². The third-order valence-corrected chi connectivity index (χ3v) is 3.74. The Bertz CT molecular complexity index is 667. The maximum Gasteiger partial charge on any atom is 0.315 e. The van der Waals surface area contributed by atoms with Crippen LogP contribution in [0, 0.1) is 5.92 Å². The Labute approximate surface area is 139 Å². The third-order valence-electron chi connectivity index (χ3n) is 3.74. The van der Waals surface area contributed by atoms with Crippen LogP contribution in [0.15, 0.2) is 34.9 Å². The van der Waals surface area contributed by atoms with Crippen molar-refractivity contribution in [1.82, 2.24) is 26.3 Å². The number of amides is 2. The fourth-order valence-corrected chi connectivity index (χ4v) is 2.42. The SMILES string of the molecule is CC(C)C(NC(=O)N[C@H]1CNOC1)c1nc(-c2ccccc2)no1. The summed E-state index contributed by atoms with van der Waals surface area (Å²) < 4.78 is 5.37. The molecule has 2 aromatic rings. The molecule has 2 amide bonds. The number of benzene rings is 1. The Kier molecular flexibility index (Phi) is 5.07. The van der Waals surface area contributed by atoms with Crippen LogP contribution in [0.1, 0.15) is 25.8 Å². The molecule has 0 spiro atoms. The summed E-state index contributed by atoms with van der Waals surface area (Å²) >= 11 is 0. The van der Waals surface area contributed by atoms with Gasteiger partial charge in [-0.1, -0.05) is 49.3 Å². The molecule has 1 aromatic carbocycles. The lowest BCUT2D eigenvalue weighted by molar-refractivity contribution is 0.0994. The van der Waals surface area contributed by atoms with E-state index in [0.29, 0.717) is 24.9 Å². The minimum Gasteiger partial charge on any atom is -0.337 e. The van der Waals surface area contributed by atoms with Gasteiger partial charge in [0.15, 0.2) is 0 Å². The van der Waals surface area contributed by atoms with E-state index in [-0.39, 0.29) is 24.0 Å². The Balaban J connectivity index is 1.69. The van der Waals surface area contributed by atoms with Gasteiger partial charge in [-0.05, 0) is 5.92 Å². The zero-order valence-corrected chi connectivity index (χ0v) is 13.7. The molecule has 3 rings (SSSR count). The minimum atomic E-state index is -0.370. The second kappa shape index (κ2) is 7.41. The van der Waals surface area contributed by atoms with Gasteiger partial charge in [-0.3, -0.25) is 4.84 Å². The third kappa shape index (κ3) is 3.90. The number of aromatic nitrogens is 2. The molecule has 1 aliphatic rings. The molecule has 0 aliphatic carbocycles. The molecule has 0 bridgehead atoms. The van der Waals surface area contributed by atoms with Crippen LogP contribution in [0.2, 0.25) is 0 Å². The predicted octanol–water partition coefficient (Wildman–Crippen LogP) is 1.64. The molecule has 0 saturated carbocycles. The molecular formula is C16H21N5O3. The van der Waals surface area contributed by atoms with Gasteiger partial charge in [-0.15, -0.1) is 0 Å². The van der Waals surface area contributed by atoms with Gasteiger partial charge in [0.2, 0.25) is 11.7 Å². The first-order valence-electron chi connectivity index (χ1n) is 7.94. The van der Waals surface area contributed by atoms with E-state index < -0.39 is 0 Å². The van der Waals surface area contributed by atoms with Crippen LogP contribution in [0.4, 0.5) is 4.79 Å². The molecule has 128 valence electrons. The molecule has 1 saturated heterocycles. The maximum absolute atomic E-state index is 12.2. The van der Waals surface area contributed by atoms with E-state index >= 15 is 0 Å². The van der Waals surface area contributed by atoms with E-state index in [1.165, 1.54) is 0 Å². The van der Waals surface area contributed by atoms with Crippen LogP contribution in [0.25, 0.3) is 11.4 Å². The molecule has 1 aliphatic heterocycles. The van der Waals surface area contributed by atoms with Crippen LogP contribution in [-0.2, 0) is 4.84 Å². The lowest BCUT2D eigenvalue weighted by atomic mass is 10.0. The second-order valence-corrected chi connectivity index (χ2v) is 6.02. The number of hydrogen-bond donors (Lipinski definition) is 3. The van der Waals surface area contributed by atoms with Gasteiger partial charge in [-0.25, -0.2) is 10.3 Å². The number of nitrogens with one attached hydrogen (secondary N) is 3. The highest BCUT2D eigenvalue weighted by Gasteiger charge is 2.26. The van der Waals surface area contributed by atoms with E-state index in [0.717, 1.165) is 5.56 Å². The van der Waals surface area contributed by atoms with Gasteiger partial charge in [0.1, 0.15) is 6.04 Å². The van der Waals surface area contributed by atoms with Gasteiger partial charge in [-0.2, -0.15) is 4.98 Å². The smallest absolute Gasteiger partial charge is 0.315 e. The molecule has 3 N–H and O–H groups in total. The normalized spacial score (nSPS) is 18.5. The van der Waals surface area contributed by atoms with Crippen molar-refractivity contribution in [1.29, 1.82) is 0 Å². The Hall–Kier alpha value is -2.45. The van der Waals surface area contributed by atoms with E-state index in [2.05, 4.69) is 26.3 Å². The molecule has 1 fully saturated rings. The molecule has 0 radical (unpaired) electrons. The highest BCUT2D eigenvalue weighted by atomic mass is 16.7. The maximum atomic E-state index is 12.2. The summed E-state index contributed by atoms with van der Waals surface area (Å²) in [5.74, 6) is 0.990. The standard InChI is InChI=1S/C16H21N5O3/c1-10(2)13(19-16(22)18-12-8-17-23-9-12)15-20-14(21-24-15)11-6-4-3-5-7-11/h3-7,10,12-13,17H,8-9H2,1-2H3,(H2,18,19,22)/t12-,13?/m0/s1. The first kappa shape index (κ1) is 16.4. The van der Waals surface area contributed by atoms with Gasteiger partial charge < -0.3 is 15.2 Å². The van der Waals surface area contributed by atoms with Crippen LogP contribution in [-0.4, -0.2) is 35.4 Å². The van der Waals surface area contributed by atoms with Crippen molar-refractivity contribution in [2.45, 2.75) is 25.9 Å². The molecule has 2 atom stereocenters. The number of hydrogen-bond acceptors (Lipinski definition) is 6. The van der Waals surface area contributed by atoms with Gasteiger partial charge in [0, 0.05) is 12.1 Å². The molecule has 24 heavy (non-hydrogen) atoms. The molecule has 1 aromatic heterocycles. The number of carbonyl (C=O) groups is 1. The Morgan fingerprint density at radius 2 is 2.12 bits per heavy atom. The van der Waals surface area contributed by atoms with E-state index in [4.69, 9.17) is 9.36 Å². The summed E-state index contributed by atoms with van der Waals surface area (Å²) in [4.78, 5) is 21.6. The van der Waals surface area contributed by atoms with Crippen molar-refractivity contribution in [2.24, 2.45) is 5.92 Å². The fraction of sp³-hybridized carbons (Fsp3) is 0.438. The Morgan fingerprint density at radius 1 is 1.33 bits per heavy atom. The lowest BCUT2D eigenvalue weighted by Gasteiger charge is -2.20. The van der Waals surface area contributed by atoms with Crippen molar-refractivity contribution in [3.63, 3.8) is 0 Å². The first-order chi connectivity index (χ1) is 11.6. The zero-order chi connectivity index (χ0) is 16.9. The van der Waals surface area contributed by atoms with Gasteiger partial charge in [0.25, 0.3) is 0 Å². The van der Waals surface area contributed by atoms with Crippen molar-refractivity contribution in [2.75, 3.05) is 13.2 Å². The minimum absolute atomic E-state index is 0.0552. The topological polar surface area (TPSA) is 101 Å². The monoisotopic (exact) mass is 331 g/mol. The summed E-state index contributed by atoms with van der Waals surface area (Å²) in [7, 11) is 0. The first-order valence-corrected chi connectivity index (χ1v) is 7.94. The van der Waals surface area contributed by atoms with E-state index in [9.17, 15) is 4.79 Å². The number of nitrogens with zero attached hydrogens (tertiary/aromatic N) is 2. The van der Waals surface area contributed by atoms with Crippen molar-refractivity contribution >= 4 is 6.03 Å².